The molecule has 2 aromatic heterocycles. The summed E-state index contributed by atoms with van der Waals surface area (Å²) in [6, 6.07) is 13.0. The number of nitrogens with zero attached hydrogens (tertiary/aromatic N) is 3. The molecule has 1 aromatic carbocycles. The summed E-state index contributed by atoms with van der Waals surface area (Å²) in [6.45, 7) is 2.81. The van der Waals surface area contributed by atoms with Crippen molar-refractivity contribution < 1.29 is 14.3 Å². The highest BCUT2D eigenvalue weighted by atomic mass is 32.1. The Kier molecular flexibility index (Phi) is 5.76. The van der Waals surface area contributed by atoms with Gasteiger partial charge < -0.3 is 9.47 Å². The Morgan fingerprint density at radius 2 is 2.03 bits per heavy atom. The molecule has 146 valence electrons. The number of thiazole rings is 1. The Labute approximate surface area is 172 Å². The van der Waals surface area contributed by atoms with Gasteiger partial charge in [-0.3, -0.25) is 4.98 Å². The molecule has 0 saturated heterocycles. The van der Waals surface area contributed by atoms with E-state index in [1.54, 1.807) is 12.3 Å². The summed E-state index contributed by atoms with van der Waals surface area (Å²) >= 11 is 1.46. The SMILES string of the molecule is CCCCOc1ccc(C2=NC(=Cc3csc(-c4ccccn4)n3)C(=O)O2)cc1. The van der Waals surface area contributed by atoms with E-state index < -0.39 is 5.97 Å². The maximum absolute atomic E-state index is 12.2. The Morgan fingerprint density at radius 1 is 1.17 bits per heavy atom. The number of hydrogen-bond donors (Lipinski definition) is 0. The number of aliphatic imine (C=N–C) groups is 1. The van der Waals surface area contributed by atoms with Crippen LogP contribution in [-0.4, -0.2) is 28.4 Å². The van der Waals surface area contributed by atoms with Crippen LogP contribution in [0.1, 0.15) is 31.0 Å². The lowest BCUT2D eigenvalue weighted by atomic mass is 10.2. The fourth-order valence-corrected chi connectivity index (χ4v) is 3.41. The zero-order chi connectivity index (χ0) is 20.1. The third kappa shape index (κ3) is 4.57. The van der Waals surface area contributed by atoms with Gasteiger partial charge in [0.1, 0.15) is 10.8 Å². The van der Waals surface area contributed by atoms with E-state index in [1.165, 1.54) is 11.3 Å². The standard InChI is InChI=1S/C22H19N3O3S/c1-2-3-12-27-17-9-7-15(8-10-17)20-25-19(22(26)28-20)13-16-14-29-21(24-16)18-6-4-5-11-23-18/h4-11,13-14H,2-3,12H2,1H3. The molecule has 0 fully saturated rings. The van der Waals surface area contributed by atoms with Crippen LogP contribution < -0.4 is 4.74 Å². The van der Waals surface area contributed by atoms with Crippen molar-refractivity contribution in [3.8, 4) is 16.5 Å². The van der Waals surface area contributed by atoms with E-state index in [4.69, 9.17) is 9.47 Å². The van der Waals surface area contributed by atoms with Crippen molar-refractivity contribution >= 4 is 29.3 Å². The fraction of sp³-hybridized carbons (Fsp3) is 0.182. The van der Waals surface area contributed by atoms with E-state index in [0.717, 1.165) is 34.9 Å². The van der Waals surface area contributed by atoms with Crippen molar-refractivity contribution in [1.29, 1.82) is 0 Å². The summed E-state index contributed by atoms with van der Waals surface area (Å²) in [4.78, 5) is 25.3. The molecule has 0 atom stereocenters. The molecule has 0 saturated carbocycles. The van der Waals surface area contributed by atoms with Gasteiger partial charge in [-0.1, -0.05) is 19.4 Å². The van der Waals surface area contributed by atoms with Gasteiger partial charge >= 0.3 is 5.97 Å². The number of aromatic nitrogens is 2. The number of esters is 1. The van der Waals surface area contributed by atoms with E-state index in [1.807, 2.05) is 47.8 Å². The molecule has 29 heavy (non-hydrogen) atoms. The van der Waals surface area contributed by atoms with Gasteiger partial charge in [0.05, 0.1) is 18.0 Å². The maximum Gasteiger partial charge on any atom is 0.363 e. The fourth-order valence-electron chi connectivity index (χ4n) is 2.66. The average Bonchev–Trinajstić information content (AvgIpc) is 3.37. The number of pyridine rings is 1. The predicted molar refractivity (Wildman–Crippen MR) is 113 cm³/mol. The molecule has 3 heterocycles. The highest BCUT2D eigenvalue weighted by Gasteiger charge is 2.24. The Bertz CT molecular complexity index is 1060. The molecule has 1 aliphatic rings. The van der Waals surface area contributed by atoms with Crippen molar-refractivity contribution in [2.45, 2.75) is 19.8 Å². The van der Waals surface area contributed by atoms with Crippen LogP contribution in [0, 0.1) is 0 Å². The van der Waals surface area contributed by atoms with Gasteiger partial charge in [0, 0.05) is 17.1 Å². The lowest BCUT2D eigenvalue weighted by molar-refractivity contribution is -0.129. The van der Waals surface area contributed by atoms with Crippen molar-refractivity contribution in [3.63, 3.8) is 0 Å². The highest BCUT2D eigenvalue weighted by Crippen LogP contribution is 2.25. The zero-order valence-corrected chi connectivity index (χ0v) is 16.7. The van der Waals surface area contributed by atoms with E-state index in [0.29, 0.717) is 12.3 Å². The van der Waals surface area contributed by atoms with E-state index in [-0.39, 0.29) is 11.6 Å². The van der Waals surface area contributed by atoms with Gasteiger partial charge in [0.25, 0.3) is 0 Å². The van der Waals surface area contributed by atoms with E-state index in [2.05, 4.69) is 21.9 Å². The number of benzene rings is 1. The molecule has 0 N–H and O–H groups in total. The van der Waals surface area contributed by atoms with E-state index >= 15 is 0 Å². The van der Waals surface area contributed by atoms with Gasteiger partial charge in [0.15, 0.2) is 5.70 Å². The van der Waals surface area contributed by atoms with Gasteiger partial charge in [-0.05, 0) is 48.9 Å². The minimum absolute atomic E-state index is 0.223. The third-order valence-corrected chi connectivity index (χ3v) is 5.06. The molecule has 0 aliphatic carbocycles. The summed E-state index contributed by atoms with van der Waals surface area (Å²) in [5.41, 5.74) is 2.38. The maximum atomic E-state index is 12.2. The summed E-state index contributed by atoms with van der Waals surface area (Å²) in [7, 11) is 0. The predicted octanol–water partition coefficient (Wildman–Crippen LogP) is 4.73. The van der Waals surface area contributed by atoms with Crippen LogP contribution in [0.3, 0.4) is 0 Å². The third-order valence-electron chi connectivity index (χ3n) is 4.18. The number of rotatable bonds is 7. The van der Waals surface area contributed by atoms with Gasteiger partial charge in [-0.15, -0.1) is 11.3 Å². The first-order valence-electron chi connectivity index (χ1n) is 9.35. The molecular formula is C22H19N3O3S. The van der Waals surface area contributed by atoms with Crippen molar-refractivity contribution in [2.24, 2.45) is 4.99 Å². The quantitative estimate of drug-likeness (QED) is 0.323. The smallest absolute Gasteiger partial charge is 0.363 e. The molecule has 0 unspecified atom stereocenters. The van der Waals surface area contributed by atoms with Crippen LogP contribution in [0.25, 0.3) is 16.8 Å². The van der Waals surface area contributed by atoms with Crippen LogP contribution in [-0.2, 0) is 9.53 Å². The largest absolute Gasteiger partial charge is 0.494 e. The number of carbonyl (C=O) groups is 1. The Balaban J connectivity index is 1.50. The number of ether oxygens (including phenoxy) is 2. The number of cyclic esters (lactones) is 1. The summed E-state index contributed by atoms with van der Waals surface area (Å²) in [5, 5.41) is 2.65. The monoisotopic (exact) mass is 405 g/mol. The Hall–Kier alpha value is -3.32. The molecule has 1 aliphatic heterocycles. The van der Waals surface area contributed by atoms with Crippen molar-refractivity contribution in [2.75, 3.05) is 6.61 Å². The zero-order valence-electron chi connectivity index (χ0n) is 15.9. The van der Waals surface area contributed by atoms with Crippen LogP contribution in [0.15, 0.2) is 64.7 Å². The second-order valence-electron chi connectivity index (χ2n) is 6.35. The minimum atomic E-state index is -0.490. The lowest BCUT2D eigenvalue weighted by Crippen LogP contribution is -2.05. The van der Waals surface area contributed by atoms with Gasteiger partial charge in [-0.25, -0.2) is 14.8 Å². The summed E-state index contributed by atoms with van der Waals surface area (Å²) < 4.78 is 11.0. The molecular weight excluding hydrogens is 386 g/mol. The number of carbonyl (C=O) groups excluding carboxylic acids is 1. The first-order valence-corrected chi connectivity index (χ1v) is 10.2. The van der Waals surface area contributed by atoms with Crippen LogP contribution in [0.4, 0.5) is 0 Å². The molecule has 3 aromatic rings. The first kappa shape index (κ1) is 19.0. The van der Waals surface area contributed by atoms with E-state index in [9.17, 15) is 4.79 Å². The normalized spacial score (nSPS) is 14.7. The molecule has 0 radical (unpaired) electrons. The van der Waals surface area contributed by atoms with Crippen molar-refractivity contribution in [3.05, 3.63) is 71.0 Å². The number of unbranched alkanes of at least 4 members (excludes halogenated alkanes) is 1. The summed E-state index contributed by atoms with van der Waals surface area (Å²) in [5.74, 6) is 0.574. The molecule has 0 amide bonds. The molecule has 7 heteroatoms. The van der Waals surface area contributed by atoms with Gasteiger partial charge in [0.2, 0.25) is 5.90 Å². The van der Waals surface area contributed by atoms with Crippen LogP contribution in [0.2, 0.25) is 0 Å². The highest BCUT2D eigenvalue weighted by molar-refractivity contribution is 7.13. The Morgan fingerprint density at radius 3 is 2.79 bits per heavy atom. The lowest BCUT2D eigenvalue weighted by Gasteiger charge is -2.05. The van der Waals surface area contributed by atoms with Crippen LogP contribution >= 0.6 is 11.3 Å². The summed E-state index contributed by atoms with van der Waals surface area (Å²) in [6.07, 6.45) is 5.45. The second-order valence-corrected chi connectivity index (χ2v) is 7.21. The van der Waals surface area contributed by atoms with Crippen LogP contribution in [0.5, 0.6) is 5.75 Å². The minimum Gasteiger partial charge on any atom is -0.494 e. The van der Waals surface area contributed by atoms with Crippen molar-refractivity contribution in [1.82, 2.24) is 9.97 Å². The average molecular weight is 405 g/mol. The van der Waals surface area contributed by atoms with Gasteiger partial charge in [-0.2, -0.15) is 0 Å². The molecule has 4 rings (SSSR count). The number of hydrogen-bond acceptors (Lipinski definition) is 7. The topological polar surface area (TPSA) is 73.7 Å². The first-order chi connectivity index (χ1) is 14.2. The molecule has 0 spiro atoms. The molecule has 6 nitrogen and oxygen atoms in total. The molecule has 0 bridgehead atoms. The second kappa shape index (κ2) is 8.79.